The maximum atomic E-state index is 13.1. The summed E-state index contributed by atoms with van der Waals surface area (Å²) < 4.78 is 13.1. The Hall–Kier alpha value is -2.43. The second-order valence-electron chi connectivity index (χ2n) is 5.87. The fourth-order valence-electron chi connectivity index (χ4n) is 3.05. The maximum Gasteiger partial charge on any atom is 0.231 e. The summed E-state index contributed by atoms with van der Waals surface area (Å²) in [5.74, 6) is -0.164. The lowest BCUT2D eigenvalue weighted by Gasteiger charge is -2.17. The number of fused-ring (bicyclic) bond motifs is 1. The molecule has 2 heterocycles. The molecule has 2 aromatic carbocycles. The van der Waals surface area contributed by atoms with Gasteiger partial charge in [0.1, 0.15) is 5.82 Å². The van der Waals surface area contributed by atoms with E-state index >= 15 is 0 Å². The molecule has 0 radical (unpaired) electrons. The molecule has 0 unspecified atom stereocenters. The number of carbonyl (C=O) groups is 1. The number of halogens is 3. The minimum atomic E-state index is -0.252. The zero-order valence-electron chi connectivity index (χ0n) is 13.8. The van der Waals surface area contributed by atoms with E-state index < -0.39 is 0 Å². The van der Waals surface area contributed by atoms with E-state index in [0.717, 1.165) is 27.9 Å². The smallest absolute Gasteiger partial charge is 0.231 e. The van der Waals surface area contributed by atoms with Crippen LogP contribution in [-0.4, -0.2) is 10.9 Å². The molecular formula is C20H17Cl2FN2O. The SMILES string of the molecule is Cl.Cl.O=C1Cc2cc(-c3ccc(F)cc3)ccc2N1Cc1cccnc1. The third kappa shape index (κ3) is 3.87. The summed E-state index contributed by atoms with van der Waals surface area (Å²) in [7, 11) is 0. The average Bonchev–Trinajstić information content (AvgIpc) is 2.91. The van der Waals surface area contributed by atoms with E-state index in [9.17, 15) is 9.18 Å². The van der Waals surface area contributed by atoms with Crippen LogP contribution >= 0.6 is 24.8 Å². The Morgan fingerprint density at radius 2 is 1.73 bits per heavy atom. The van der Waals surface area contributed by atoms with Gasteiger partial charge in [-0.15, -0.1) is 24.8 Å². The first kappa shape index (κ1) is 19.9. The van der Waals surface area contributed by atoms with Crippen LogP contribution in [0.25, 0.3) is 11.1 Å². The van der Waals surface area contributed by atoms with Crippen LogP contribution in [-0.2, 0) is 17.8 Å². The molecule has 0 aliphatic carbocycles. The number of rotatable bonds is 3. The molecule has 0 saturated heterocycles. The van der Waals surface area contributed by atoms with Crippen molar-refractivity contribution < 1.29 is 9.18 Å². The van der Waals surface area contributed by atoms with E-state index in [1.165, 1.54) is 12.1 Å². The van der Waals surface area contributed by atoms with Crippen molar-refractivity contribution in [2.24, 2.45) is 0 Å². The van der Waals surface area contributed by atoms with Crippen molar-refractivity contribution in [1.82, 2.24) is 4.98 Å². The lowest BCUT2D eigenvalue weighted by molar-refractivity contribution is -0.117. The fourth-order valence-corrected chi connectivity index (χ4v) is 3.05. The van der Waals surface area contributed by atoms with E-state index in [-0.39, 0.29) is 36.5 Å². The number of amides is 1. The molecule has 26 heavy (non-hydrogen) atoms. The van der Waals surface area contributed by atoms with Crippen molar-refractivity contribution in [2.45, 2.75) is 13.0 Å². The zero-order valence-corrected chi connectivity index (χ0v) is 15.4. The summed E-state index contributed by atoms with van der Waals surface area (Å²) in [6.07, 6.45) is 3.89. The fraction of sp³-hybridized carbons (Fsp3) is 0.100. The number of pyridine rings is 1. The number of hydrogen-bond acceptors (Lipinski definition) is 2. The average molecular weight is 391 g/mol. The minimum Gasteiger partial charge on any atom is -0.307 e. The van der Waals surface area contributed by atoms with Crippen molar-refractivity contribution in [1.29, 1.82) is 0 Å². The van der Waals surface area contributed by atoms with Gasteiger partial charge in [0.2, 0.25) is 5.91 Å². The molecule has 0 bridgehead atoms. The van der Waals surface area contributed by atoms with Crippen molar-refractivity contribution >= 4 is 36.4 Å². The van der Waals surface area contributed by atoms with Gasteiger partial charge >= 0.3 is 0 Å². The highest BCUT2D eigenvalue weighted by atomic mass is 35.5. The summed E-state index contributed by atoms with van der Waals surface area (Å²) in [6, 6.07) is 16.2. The third-order valence-electron chi connectivity index (χ3n) is 4.25. The number of anilines is 1. The summed E-state index contributed by atoms with van der Waals surface area (Å²) >= 11 is 0. The van der Waals surface area contributed by atoms with Crippen molar-refractivity contribution in [3.05, 3.63) is 83.9 Å². The van der Waals surface area contributed by atoms with E-state index in [1.54, 1.807) is 29.4 Å². The summed E-state index contributed by atoms with van der Waals surface area (Å²) in [6.45, 7) is 0.523. The molecule has 0 atom stereocenters. The highest BCUT2D eigenvalue weighted by molar-refractivity contribution is 6.01. The van der Waals surface area contributed by atoms with Gasteiger partial charge in [0.15, 0.2) is 0 Å². The van der Waals surface area contributed by atoms with E-state index in [0.29, 0.717) is 13.0 Å². The Labute approximate surface area is 163 Å². The molecule has 0 saturated carbocycles. The molecule has 1 aliphatic rings. The Kier molecular flexibility index (Phi) is 6.35. The van der Waals surface area contributed by atoms with Gasteiger partial charge in [0, 0.05) is 18.1 Å². The topological polar surface area (TPSA) is 33.2 Å². The second kappa shape index (κ2) is 8.30. The lowest BCUT2D eigenvalue weighted by atomic mass is 10.0. The number of hydrogen-bond donors (Lipinski definition) is 0. The Bertz CT molecular complexity index is 901. The summed E-state index contributed by atoms with van der Waals surface area (Å²) in [5.41, 5.74) is 4.88. The Balaban J connectivity index is 0.00000121. The summed E-state index contributed by atoms with van der Waals surface area (Å²) in [5, 5.41) is 0. The molecule has 1 aliphatic heterocycles. The molecule has 0 spiro atoms. The van der Waals surface area contributed by atoms with E-state index in [1.807, 2.05) is 30.3 Å². The maximum absolute atomic E-state index is 13.1. The molecule has 0 N–H and O–H groups in total. The first-order valence-corrected chi connectivity index (χ1v) is 7.79. The van der Waals surface area contributed by atoms with Gasteiger partial charge in [-0.1, -0.05) is 24.3 Å². The third-order valence-corrected chi connectivity index (χ3v) is 4.25. The standard InChI is InChI=1S/C20H15FN2O.2ClH/c21-18-6-3-15(4-7-18)16-5-8-19-17(10-16)11-20(24)23(19)13-14-2-1-9-22-12-14;;/h1-10,12H,11,13H2;2*1H. The monoisotopic (exact) mass is 390 g/mol. The highest BCUT2D eigenvalue weighted by Gasteiger charge is 2.27. The molecule has 4 rings (SSSR count). The van der Waals surface area contributed by atoms with Gasteiger partial charge < -0.3 is 4.90 Å². The van der Waals surface area contributed by atoms with Crippen molar-refractivity contribution in [3.8, 4) is 11.1 Å². The van der Waals surface area contributed by atoms with Crippen LogP contribution in [0.2, 0.25) is 0 Å². The molecule has 6 heteroatoms. The number of benzene rings is 2. The molecule has 1 amide bonds. The Morgan fingerprint density at radius 3 is 2.42 bits per heavy atom. The van der Waals surface area contributed by atoms with Crippen LogP contribution < -0.4 is 4.90 Å². The van der Waals surface area contributed by atoms with Gasteiger partial charge in [0.05, 0.1) is 13.0 Å². The molecular weight excluding hydrogens is 374 g/mol. The lowest BCUT2D eigenvalue weighted by Crippen LogP contribution is -2.25. The molecule has 1 aromatic heterocycles. The summed E-state index contributed by atoms with van der Waals surface area (Å²) in [4.78, 5) is 18.3. The highest BCUT2D eigenvalue weighted by Crippen LogP contribution is 2.34. The number of nitrogens with zero attached hydrogens (tertiary/aromatic N) is 2. The molecule has 3 nitrogen and oxygen atoms in total. The number of carbonyl (C=O) groups excluding carboxylic acids is 1. The van der Waals surface area contributed by atoms with Gasteiger partial charge in [0.25, 0.3) is 0 Å². The largest absolute Gasteiger partial charge is 0.307 e. The minimum absolute atomic E-state index is 0. The van der Waals surface area contributed by atoms with E-state index in [4.69, 9.17) is 0 Å². The predicted octanol–water partition coefficient (Wildman–Crippen LogP) is 4.82. The van der Waals surface area contributed by atoms with E-state index in [2.05, 4.69) is 4.98 Å². The van der Waals surface area contributed by atoms with Crippen molar-refractivity contribution in [2.75, 3.05) is 4.90 Å². The van der Waals surface area contributed by atoms with Crippen LogP contribution in [0.15, 0.2) is 67.0 Å². The normalized spacial score (nSPS) is 12.2. The van der Waals surface area contributed by atoms with Gasteiger partial charge in [-0.2, -0.15) is 0 Å². The van der Waals surface area contributed by atoms with Gasteiger partial charge in [-0.05, 0) is 52.6 Å². The van der Waals surface area contributed by atoms with Crippen LogP contribution in [0.4, 0.5) is 10.1 Å². The predicted molar refractivity (Wildman–Crippen MR) is 105 cm³/mol. The van der Waals surface area contributed by atoms with Gasteiger partial charge in [-0.3, -0.25) is 9.78 Å². The molecule has 134 valence electrons. The van der Waals surface area contributed by atoms with Crippen LogP contribution in [0.1, 0.15) is 11.1 Å². The molecule has 0 fully saturated rings. The van der Waals surface area contributed by atoms with Crippen LogP contribution in [0, 0.1) is 5.82 Å². The second-order valence-corrected chi connectivity index (χ2v) is 5.87. The van der Waals surface area contributed by atoms with Crippen molar-refractivity contribution in [3.63, 3.8) is 0 Å². The van der Waals surface area contributed by atoms with Crippen LogP contribution in [0.5, 0.6) is 0 Å². The van der Waals surface area contributed by atoms with Crippen LogP contribution in [0.3, 0.4) is 0 Å². The first-order chi connectivity index (χ1) is 11.7. The Morgan fingerprint density at radius 1 is 1.00 bits per heavy atom. The number of aromatic nitrogens is 1. The molecule has 3 aromatic rings. The quantitative estimate of drug-likeness (QED) is 0.642. The van der Waals surface area contributed by atoms with Gasteiger partial charge in [-0.25, -0.2) is 4.39 Å². The zero-order chi connectivity index (χ0) is 16.5. The first-order valence-electron chi connectivity index (χ1n) is 7.79.